The van der Waals surface area contributed by atoms with Crippen molar-refractivity contribution in [3.8, 4) is 11.5 Å². The summed E-state index contributed by atoms with van der Waals surface area (Å²) in [5.41, 5.74) is 1.80. The number of hydrogen-bond donors (Lipinski definition) is 3. The van der Waals surface area contributed by atoms with Gasteiger partial charge in [-0.3, -0.25) is 9.59 Å². The van der Waals surface area contributed by atoms with E-state index in [0.29, 0.717) is 34.3 Å². The highest BCUT2D eigenvalue weighted by atomic mass is 16.5. The normalized spacial score (nSPS) is 10.7. The number of fused-ring (bicyclic) bond motifs is 2. The molecule has 0 spiro atoms. The van der Waals surface area contributed by atoms with Crippen molar-refractivity contribution in [3.05, 3.63) is 116 Å². The van der Waals surface area contributed by atoms with Crippen LogP contribution in [0.1, 0.15) is 16.7 Å². The van der Waals surface area contributed by atoms with Gasteiger partial charge < -0.3 is 28.9 Å². The van der Waals surface area contributed by atoms with Crippen molar-refractivity contribution in [1.29, 1.82) is 0 Å². The van der Waals surface area contributed by atoms with Crippen molar-refractivity contribution >= 4 is 21.9 Å². The second-order valence-corrected chi connectivity index (χ2v) is 7.61. The van der Waals surface area contributed by atoms with Gasteiger partial charge in [0.2, 0.25) is 0 Å². The number of rotatable bonds is 5. The molecule has 3 N–H and O–H groups in total. The average molecular weight is 474 g/mol. The van der Waals surface area contributed by atoms with E-state index in [9.17, 15) is 9.59 Å². The van der Waals surface area contributed by atoms with Crippen molar-refractivity contribution in [1.82, 2.24) is 0 Å². The molecule has 5 rings (SSSR count). The average Bonchev–Trinajstić information content (AvgIpc) is 2.89. The maximum absolute atomic E-state index is 12.0. The number of aliphatic hydroxyl groups is 2. The van der Waals surface area contributed by atoms with Crippen LogP contribution in [0.25, 0.3) is 21.9 Å². The standard InChI is InChI=1S/C17H14O4.C10H8O4/c18-9-13-11-21-16-8-14(6-7-15(16)17(13)19)20-10-12-4-2-1-3-5-12;11-4-6-5-14-9-3-7(12)1-2-8(9)10(6)13/h1-8,11,18H,9-10H2;1-3,5,11-12H,4H2. The summed E-state index contributed by atoms with van der Waals surface area (Å²) in [5.74, 6) is 0.670. The highest BCUT2D eigenvalue weighted by Gasteiger charge is 2.08. The van der Waals surface area contributed by atoms with E-state index in [1.165, 1.54) is 30.7 Å². The molecule has 178 valence electrons. The first-order chi connectivity index (χ1) is 17.0. The SMILES string of the molecule is O=c1c(CO)coc2cc(O)ccc12.O=c1c(CO)coc2cc(OCc3ccccc3)ccc12. The van der Waals surface area contributed by atoms with Gasteiger partial charge in [-0.1, -0.05) is 30.3 Å². The Balaban J connectivity index is 0.000000179. The molecule has 8 heteroatoms. The molecule has 0 amide bonds. The quantitative estimate of drug-likeness (QED) is 0.350. The van der Waals surface area contributed by atoms with Gasteiger partial charge in [-0.05, 0) is 29.8 Å². The zero-order chi connectivity index (χ0) is 24.8. The predicted molar refractivity (Wildman–Crippen MR) is 129 cm³/mol. The Morgan fingerprint density at radius 1 is 0.714 bits per heavy atom. The Kier molecular flexibility index (Phi) is 7.25. The largest absolute Gasteiger partial charge is 0.508 e. The van der Waals surface area contributed by atoms with Crippen LogP contribution in [0.4, 0.5) is 0 Å². The molecule has 0 aliphatic rings. The third-order valence-electron chi connectivity index (χ3n) is 5.24. The molecule has 0 saturated carbocycles. The Bertz CT molecular complexity index is 1570. The monoisotopic (exact) mass is 474 g/mol. The third-order valence-corrected chi connectivity index (χ3v) is 5.24. The van der Waals surface area contributed by atoms with Gasteiger partial charge in [-0.25, -0.2) is 0 Å². The predicted octanol–water partition coefficient (Wildman–Crippen LogP) is 3.86. The molecule has 3 aromatic carbocycles. The van der Waals surface area contributed by atoms with Gasteiger partial charge in [0.05, 0.1) is 35.1 Å². The highest BCUT2D eigenvalue weighted by molar-refractivity contribution is 5.79. The lowest BCUT2D eigenvalue weighted by Crippen LogP contribution is -2.08. The summed E-state index contributed by atoms with van der Waals surface area (Å²) < 4.78 is 16.1. The second kappa shape index (κ2) is 10.7. The highest BCUT2D eigenvalue weighted by Crippen LogP contribution is 2.20. The Morgan fingerprint density at radius 3 is 1.89 bits per heavy atom. The van der Waals surface area contributed by atoms with Crippen molar-refractivity contribution in [2.24, 2.45) is 0 Å². The number of hydrogen-bond acceptors (Lipinski definition) is 8. The first-order valence-electron chi connectivity index (χ1n) is 10.7. The van der Waals surface area contributed by atoms with E-state index in [1.807, 2.05) is 30.3 Å². The molecular formula is C27H22O8. The topological polar surface area (TPSA) is 130 Å². The molecule has 35 heavy (non-hydrogen) atoms. The molecule has 0 saturated heterocycles. The lowest BCUT2D eigenvalue weighted by atomic mass is 10.2. The summed E-state index contributed by atoms with van der Waals surface area (Å²) in [7, 11) is 0. The van der Waals surface area contributed by atoms with E-state index in [4.69, 9.17) is 28.9 Å². The molecular weight excluding hydrogens is 452 g/mol. The maximum atomic E-state index is 12.0. The summed E-state index contributed by atoms with van der Waals surface area (Å²) in [4.78, 5) is 23.6. The van der Waals surface area contributed by atoms with Crippen LogP contribution < -0.4 is 15.6 Å². The van der Waals surface area contributed by atoms with E-state index < -0.39 is 0 Å². The summed E-state index contributed by atoms with van der Waals surface area (Å²) in [5, 5.41) is 27.8. The van der Waals surface area contributed by atoms with E-state index in [1.54, 1.807) is 18.2 Å². The Morgan fingerprint density at radius 2 is 1.29 bits per heavy atom. The molecule has 0 bridgehead atoms. The number of phenolic OH excluding ortho intramolecular Hbond substituents is 1. The van der Waals surface area contributed by atoms with Crippen molar-refractivity contribution in [2.75, 3.05) is 0 Å². The van der Waals surface area contributed by atoms with Crippen LogP contribution in [-0.4, -0.2) is 15.3 Å². The van der Waals surface area contributed by atoms with Crippen LogP contribution in [0, 0.1) is 0 Å². The van der Waals surface area contributed by atoms with Gasteiger partial charge in [-0.2, -0.15) is 0 Å². The first-order valence-corrected chi connectivity index (χ1v) is 10.7. The molecule has 0 aliphatic heterocycles. The Hall–Kier alpha value is -4.40. The van der Waals surface area contributed by atoms with Crippen molar-refractivity contribution in [3.63, 3.8) is 0 Å². The molecule has 0 fully saturated rings. The zero-order valence-electron chi connectivity index (χ0n) is 18.5. The minimum Gasteiger partial charge on any atom is -0.508 e. The van der Waals surface area contributed by atoms with Gasteiger partial charge in [-0.15, -0.1) is 0 Å². The zero-order valence-corrected chi connectivity index (χ0v) is 18.5. The minimum atomic E-state index is -0.348. The van der Waals surface area contributed by atoms with Gasteiger partial charge in [0.15, 0.2) is 10.9 Å². The lowest BCUT2D eigenvalue weighted by Gasteiger charge is -2.07. The summed E-state index contributed by atoms with van der Waals surface area (Å²) in [6.45, 7) is -0.227. The minimum absolute atomic E-state index is 0.0393. The second-order valence-electron chi connectivity index (χ2n) is 7.61. The first kappa shape index (κ1) is 23.7. The smallest absolute Gasteiger partial charge is 0.198 e. The number of aliphatic hydroxyl groups excluding tert-OH is 2. The maximum Gasteiger partial charge on any atom is 0.198 e. The fraction of sp³-hybridized carbons (Fsp3) is 0.111. The van der Waals surface area contributed by atoms with Crippen LogP contribution in [-0.2, 0) is 19.8 Å². The van der Waals surface area contributed by atoms with Crippen LogP contribution >= 0.6 is 0 Å². The van der Waals surface area contributed by atoms with E-state index in [0.717, 1.165) is 5.56 Å². The van der Waals surface area contributed by atoms with Crippen molar-refractivity contribution in [2.45, 2.75) is 19.8 Å². The Labute approximate surface area is 198 Å². The van der Waals surface area contributed by atoms with Crippen LogP contribution in [0.2, 0.25) is 0 Å². The van der Waals surface area contributed by atoms with E-state index in [2.05, 4.69) is 0 Å². The van der Waals surface area contributed by atoms with Gasteiger partial charge in [0.25, 0.3) is 0 Å². The fourth-order valence-electron chi connectivity index (χ4n) is 3.35. The molecule has 0 aliphatic carbocycles. The molecule has 8 nitrogen and oxygen atoms in total. The molecule has 5 aromatic rings. The van der Waals surface area contributed by atoms with E-state index in [-0.39, 0.29) is 40.9 Å². The number of benzene rings is 3. The summed E-state index contributed by atoms with van der Waals surface area (Å²) in [6.07, 6.45) is 2.48. The number of aromatic hydroxyl groups is 1. The molecule has 0 atom stereocenters. The fourth-order valence-corrected chi connectivity index (χ4v) is 3.35. The van der Waals surface area contributed by atoms with E-state index >= 15 is 0 Å². The van der Waals surface area contributed by atoms with Crippen molar-refractivity contribution < 1.29 is 28.9 Å². The van der Waals surface area contributed by atoms with Crippen LogP contribution in [0.5, 0.6) is 11.5 Å². The van der Waals surface area contributed by atoms with Crippen LogP contribution in [0.15, 0.2) is 97.7 Å². The van der Waals surface area contributed by atoms with Crippen LogP contribution in [0.3, 0.4) is 0 Å². The summed E-state index contributed by atoms with van der Waals surface area (Å²) in [6, 6.07) is 19.1. The van der Waals surface area contributed by atoms with Gasteiger partial charge in [0.1, 0.15) is 41.8 Å². The lowest BCUT2D eigenvalue weighted by molar-refractivity contribution is 0.277. The number of ether oxygens (including phenoxy) is 1. The molecule has 0 radical (unpaired) electrons. The molecule has 0 unspecified atom stereocenters. The van der Waals surface area contributed by atoms with Gasteiger partial charge >= 0.3 is 0 Å². The van der Waals surface area contributed by atoms with Gasteiger partial charge in [0, 0.05) is 12.1 Å². The molecule has 2 aromatic heterocycles. The third kappa shape index (κ3) is 5.40. The number of phenols is 1. The summed E-state index contributed by atoms with van der Waals surface area (Å²) >= 11 is 0. The molecule has 2 heterocycles.